The fourth-order valence-electron chi connectivity index (χ4n) is 3.79. The minimum absolute atomic E-state index is 0. The molecule has 3 rings (SSSR count). The first-order chi connectivity index (χ1) is 12.6. The standard InChI is InChI=1S/C20H29N3O3.ClH/c1-22(17-7-11-21-12-8-17)20(25)16-9-13-23(14-10-16)19(24)15-26-18-5-3-2-4-6-18;/h2-6,16-17,21H,7-15H2,1H3;1H. The Hall–Kier alpha value is -1.79. The molecule has 0 atom stereocenters. The van der Waals surface area contributed by atoms with Crippen molar-refractivity contribution in [1.29, 1.82) is 0 Å². The molecule has 150 valence electrons. The molecule has 0 aliphatic carbocycles. The Morgan fingerprint density at radius 3 is 2.37 bits per heavy atom. The summed E-state index contributed by atoms with van der Waals surface area (Å²) in [5.41, 5.74) is 0. The molecule has 7 heteroatoms. The zero-order valence-electron chi connectivity index (χ0n) is 15.9. The number of carbonyl (C=O) groups excluding carboxylic acids is 2. The molecular formula is C20H30ClN3O3. The van der Waals surface area contributed by atoms with E-state index in [4.69, 9.17) is 4.74 Å². The number of nitrogens with zero attached hydrogens (tertiary/aromatic N) is 2. The van der Waals surface area contributed by atoms with Gasteiger partial charge >= 0.3 is 0 Å². The van der Waals surface area contributed by atoms with Gasteiger partial charge in [-0.15, -0.1) is 12.4 Å². The Morgan fingerprint density at radius 2 is 1.74 bits per heavy atom. The van der Waals surface area contributed by atoms with E-state index in [1.165, 1.54) is 0 Å². The Kier molecular flexibility index (Phi) is 8.38. The Morgan fingerprint density at radius 1 is 1.11 bits per heavy atom. The van der Waals surface area contributed by atoms with Gasteiger partial charge in [-0.2, -0.15) is 0 Å². The van der Waals surface area contributed by atoms with Crippen molar-refractivity contribution in [3.63, 3.8) is 0 Å². The van der Waals surface area contributed by atoms with Crippen LogP contribution in [-0.2, 0) is 9.59 Å². The van der Waals surface area contributed by atoms with Crippen LogP contribution in [-0.4, -0.2) is 67.5 Å². The van der Waals surface area contributed by atoms with Gasteiger partial charge in [-0.05, 0) is 50.9 Å². The SMILES string of the molecule is CN(C(=O)C1CCN(C(=O)COc2ccccc2)CC1)C1CCNCC1.Cl. The van der Waals surface area contributed by atoms with Crippen LogP contribution in [0.2, 0.25) is 0 Å². The normalized spacial score (nSPS) is 18.5. The minimum Gasteiger partial charge on any atom is -0.484 e. The van der Waals surface area contributed by atoms with E-state index in [9.17, 15) is 9.59 Å². The van der Waals surface area contributed by atoms with E-state index in [0.29, 0.717) is 24.9 Å². The summed E-state index contributed by atoms with van der Waals surface area (Å²) < 4.78 is 5.54. The quantitative estimate of drug-likeness (QED) is 0.827. The minimum atomic E-state index is -0.00791. The third kappa shape index (κ3) is 5.84. The predicted octanol–water partition coefficient (Wildman–Crippen LogP) is 1.94. The number of piperidine rings is 2. The lowest BCUT2D eigenvalue weighted by Crippen LogP contribution is -2.49. The molecule has 2 amide bonds. The van der Waals surface area contributed by atoms with E-state index in [0.717, 1.165) is 38.8 Å². The average Bonchev–Trinajstić information content (AvgIpc) is 2.72. The Balaban J connectivity index is 0.00000261. The van der Waals surface area contributed by atoms with Crippen LogP contribution in [0.4, 0.5) is 0 Å². The summed E-state index contributed by atoms with van der Waals surface area (Å²) in [6.07, 6.45) is 3.53. The molecule has 27 heavy (non-hydrogen) atoms. The molecule has 2 aliphatic heterocycles. The molecule has 0 unspecified atom stereocenters. The van der Waals surface area contributed by atoms with Crippen LogP contribution in [0.5, 0.6) is 5.75 Å². The summed E-state index contributed by atoms with van der Waals surface area (Å²) >= 11 is 0. The summed E-state index contributed by atoms with van der Waals surface area (Å²) in [7, 11) is 1.93. The van der Waals surface area contributed by atoms with Crippen molar-refractivity contribution in [2.24, 2.45) is 5.92 Å². The van der Waals surface area contributed by atoms with E-state index in [1.807, 2.05) is 47.2 Å². The maximum absolute atomic E-state index is 12.8. The van der Waals surface area contributed by atoms with Crippen molar-refractivity contribution in [2.45, 2.75) is 31.7 Å². The molecule has 0 aromatic heterocycles. The molecule has 0 spiro atoms. The van der Waals surface area contributed by atoms with Crippen molar-refractivity contribution < 1.29 is 14.3 Å². The highest BCUT2D eigenvalue weighted by Gasteiger charge is 2.31. The maximum Gasteiger partial charge on any atom is 0.260 e. The molecule has 1 aromatic carbocycles. The fourth-order valence-corrected chi connectivity index (χ4v) is 3.79. The van der Waals surface area contributed by atoms with Gasteiger partial charge in [-0.1, -0.05) is 18.2 Å². The number of rotatable bonds is 5. The van der Waals surface area contributed by atoms with Gasteiger partial charge in [0.25, 0.3) is 5.91 Å². The summed E-state index contributed by atoms with van der Waals surface area (Å²) in [6.45, 7) is 3.28. The third-order valence-electron chi connectivity index (χ3n) is 5.51. The van der Waals surface area contributed by atoms with Crippen LogP contribution in [0.1, 0.15) is 25.7 Å². The number of halogens is 1. The van der Waals surface area contributed by atoms with Gasteiger partial charge in [0.2, 0.25) is 5.91 Å². The molecule has 2 heterocycles. The van der Waals surface area contributed by atoms with Crippen LogP contribution in [0.15, 0.2) is 30.3 Å². The number of para-hydroxylation sites is 1. The van der Waals surface area contributed by atoms with Crippen molar-refractivity contribution >= 4 is 24.2 Å². The number of likely N-dealkylation sites (tertiary alicyclic amines) is 1. The van der Waals surface area contributed by atoms with Gasteiger partial charge in [-0.3, -0.25) is 9.59 Å². The molecule has 1 aromatic rings. The van der Waals surface area contributed by atoms with Crippen molar-refractivity contribution in [3.05, 3.63) is 30.3 Å². The molecule has 2 aliphatic rings. The average molecular weight is 396 g/mol. The lowest BCUT2D eigenvalue weighted by Gasteiger charge is -2.37. The van der Waals surface area contributed by atoms with E-state index in [2.05, 4.69) is 5.32 Å². The number of benzene rings is 1. The monoisotopic (exact) mass is 395 g/mol. The van der Waals surface area contributed by atoms with Gasteiger partial charge in [0.1, 0.15) is 5.75 Å². The Labute approximate surface area is 167 Å². The largest absolute Gasteiger partial charge is 0.484 e. The van der Waals surface area contributed by atoms with Crippen molar-refractivity contribution in [3.8, 4) is 5.75 Å². The summed E-state index contributed by atoms with van der Waals surface area (Å²) in [6, 6.07) is 9.72. The zero-order chi connectivity index (χ0) is 18.4. The van der Waals surface area contributed by atoms with Gasteiger partial charge in [0, 0.05) is 32.1 Å². The first-order valence-corrected chi connectivity index (χ1v) is 9.58. The van der Waals surface area contributed by atoms with Crippen LogP contribution in [0, 0.1) is 5.92 Å². The number of hydrogen-bond acceptors (Lipinski definition) is 4. The number of amides is 2. The van der Waals surface area contributed by atoms with Crippen LogP contribution in [0.25, 0.3) is 0 Å². The van der Waals surface area contributed by atoms with Crippen LogP contribution in [0.3, 0.4) is 0 Å². The van der Waals surface area contributed by atoms with Gasteiger partial charge < -0.3 is 19.9 Å². The van der Waals surface area contributed by atoms with Gasteiger partial charge in [0.15, 0.2) is 6.61 Å². The van der Waals surface area contributed by atoms with Crippen molar-refractivity contribution in [1.82, 2.24) is 15.1 Å². The maximum atomic E-state index is 12.8. The third-order valence-corrected chi connectivity index (χ3v) is 5.51. The lowest BCUT2D eigenvalue weighted by atomic mass is 9.94. The molecule has 1 N–H and O–H groups in total. The van der Waals surface area contributed by atoms with E-state index in [1.54, 1.807) is 0 Å². The number of carbonyl (C=O) groups is 2. The first-order valence-electron chi connectivity index (χ1n) is 9.58. The van der Waals surface area contributed by atoms with Crippen molar-refractivity contribution in [2.75, 3.05) is 39.8 Å². The van der Waals surface area contributed by atoms with Crippen LogP contribution < -0.4 is 10.1 Å². The zero-order valence-corrected chi connectivity index (χ0v) is 16.7. The fraction of sp³-hybridized carbons (Fsp3) is 0.600. The van der Waals surface area contributed by atoms with Gasteiger partial charge in [-0.25, -0.2) is 0 Å². The molecule has 0 bridgehead atoms. The number of nitrogens with one attached hydrogen (secondary N) is 1. The smallest absolute Gasteiger partial charge is 0.260 e. The molecule has 2 saturated heterocycles. The molecule has 6 nitrogen and oxygen atoms in total. The predicted molar refractivity (Wildman–Crippen MR) is 107 cm³/mol. The van der Waals surface area contributed by atoms with Gasteiger partial charge in [0.05, 0.1) is 0 Å². The summed E-state index contributed by atoms with van der Waals surface area (Å²) in [4.78, 5) is 28.9. The molecule has 0 radical (unpaired) electrons. The molecule has 0 saturated carbocycles. The number of ether oxygens (including phenoxy) is 1. The lowest BCUT2D eigenvalue weighted by molar-refractivity contribution is -0.142. The highest BCUT2D eigenvalue weighted by molar-refractivity contribution is 5.85. The van der Waals surface area contributed by atoms with Crippen LogP contribution >= 0.6 is 12.4 Å². The molecule has 2 fully saturated rings. The topological polar surface area (TPSA) is 61.9 Å². The molecular weight excluding hydrogens is 366 g/mol. The van der Waals surface area contributed by atoms with E-state index >= 15 is 0 Å². The van der Waals surface area contributed by atoms with E-state index in [-0.39, 0.29) is 36.7 Å². The number of hydrogen-bond donors (Lipinski definition) is 1. The second-order valence-corrected chi connectivity index (χ2v) is 7.19. The first kappa shape index (κ1) is 21.5. The second-order valence-electron chi connectivity index (χ2n) is 7.19. The van der Waals surface area contributed by atoms with E-state index < -0.39 is 0 Å². The second kappa shape index (κ2) is 10.5. The Bertz CT molecular complexity index is 600. The summed E-state index contributed by atoms with van der Waals surface area (Å²) in [5, 5.41) is 3.34. The highest BCUT2D eigenvalue weighted by atomic mass is 35.5. The highest BCUT2D eigenvalue weighted by Crippen LogP contribution is 2.22. The summed E-state index contributed by atoms with van der Waals surface area (Å²) in [5.74, 6) is 0.972.